The molecule has 25 heavy (non-hydrogen) atoms. The van der Waals surface area contributed by atoms with Gasteiger partial charge in [0.05, 0.1) is 0 Å². The number of rotatable bonds is 6. The van der Waals surface area contributed by atoms with Gasteiger partial charge in [0.15, 0.2) is 10.4 Å². The van der Waals surface area contributed by atoms with Gasteiger partial charge in [-0.15, -0.1) is 0 Å². The van der Waals surface area contributed by atoms with Crippen LogP contribution in [0.5, 0.6) is 0 Å². The number of furan rings is 1. The number of aliphatic carboxylic acids is 1. The number of carboxylic acids is 1. The van der Waals surface area contributed by atoms with E-state index in [0.29, 0.717) is 10.2 Å². The normalized spacial score (nSPS) is 12.3. The number of hydrogen-bond donors (Lipinski definition) is 3. The van der Waals surface area contributed by atoms with Gasteiger partial charge in [-0.05, 0) is 46.6 Å². The average molecular weight is 407 g/mol. The summed E-state index contributed by atoms with van der Waals surface area (Å²) in [5, 5.41) is 13.7. The van der Waals surface area contributed by atoms with Gasteiger partial charge in [0.2, 0.25) is 0 Å². The third-order valence-corrected chi connectivity index (χ3v) is 3.54. The Morgan fingerprint density at radius 2 is 1.84 bits per heavy atom. The van der Waals surface area contributed by atoms with Crippen molar-refractivity contribution in [2.24, 2.45) is 0 Å². The molecule has 2 rings (SSSR count). The maximum atomic E-state index is 12.3. The van der Waals surface area contributed by atoms with Crippen LogP contribution in [-0.2, 0) is 9.59 Å². The van der Waals surface area contributed by atoms with Gasteiger partial charge >= 0.3 is 5.97 Å². The molecule has 2 amide bonds. The molecule has 1 heterocycles. The molecule has 0 aliphatic heterocycles. The molecule has 1 aromatic carbocycles. The fraction of sp³-hybridized carbons (Fsp3) is 0.118. The predicted octanol–water partition coefficient (Wildman–Crippen LogP) is 2.40. The summed E-state index contributed by atoms with van der Waals surface area (Å²) >= 11 is 3.09. The van der Waals surface area contributed by atoms with E-state index in [9.17, 15) is 14.4 Å². The van der Waals surface area contributed by atoms with E-state index in [0.717, 1.165) is 0 Å². The van der Waals surface area contributed by atoms with Crippen LogP contribution in [0.4, 0.5) is 0 Å². The molecule has 0 spiro atoms. The lowest BCUT2D eigenvalue weighted by Gasteiger charge is -2.13. The molecule has 0 aliphatic rings. The molecule has 1 atom stereocenters. The molecule has 0 saturated carbocycles. The summed E-state index contributed by atoms with van der Waals surface area (Å²) in [7, 11) is 0. The van der Waals surface area contributed by atoms with Crippen LogP contribution in [0.15, 0.2) is 57.2 Å². The van der Waals surface area contributed by atoms with Crippen LogP contribution in [0.25, 0.3) is 6.08 Å². The van der Waals surface area contributed by atoms with E-state index in [1.54, 1.807) is 30.3 Å². The van der Waals surface area contributed by atoms with Crippen molar-refractivity contribution in [1.29, 1.82) is 0 Å². The van der Waals surface area contributed by atoms with E-state index in [4.69, 9.17) is 9.52 Å². The summed E-state index contributed by atoms with van der Waals surface area (Å²) in [6.45, 7) is 1.33. The van der Waals surface area contributed by atoms with Crippen LogP contribution < -0.4 is 10.6 Å². The number of amides is 2. The molecule has 0 radical (unpaired) electrons. The molecular weight excluding hydrogens is 392 g/mol. The van der Waals surface area contributed by atoms with Crippen molar-refractivity contribution < 1.29 is 23.9 Å². The smallest absolute Gasteiger partial charge is 0.325 e. The Morgan fingerprint density at radius 1 is 1.16 bits per heavy atom. The quantitative estimate of drug-likeness (QED) is 0.638. The Morgan fingerprint density at radius 3 is 2.40 bits per heavy atom. The summed E-state index contributed by atoms with van der Waals surface area (Å²) in [6, 6.07) is 10.7. The fourth-order valence-electron chi connectivity index (χ4n) is 1.83. The first kappa shape index (κ1) is 18.5. The summed E-state index contributed by atoms with van der Waals surface area (Å²) in [5.74, 6) is -2.54. The number of carbonyl (C=O) groups is 3. The second-order valence-corrected chi connectivity index (χ2v) is 5.84. The minimum Gasteiger partial charge on any atom is -0.480 e. The van der Waals surface area contributed by atoms with Crippen LogP contribution in [-0.4, -0.2) is 28.9 Å². The van der Waals surface area contributed by atoms with E-state index in [2.05, 4.69) is 26.6 Å². The maximum Gasteiger partial charge on any atom is 0.325 e. The molecule has 0 bridgehead atoms. The molecule has 0 fully saturated rings. The van der Waals surface area contributed by atoms with Gasteiger partial charge in [-0.1, -0.05) is 30.3 Å². The lowest BCUT2D eigenvalue weighted by molar-refractivity contribution is -0.140. The molecule has 0 saturated heterocycles. The van der Waals surface area contributed by atoms with Crippen LogP contribution in [0, 0.1) is 0 Å². The highest BCUT2D eigenvalue weighted by atomic mass is 79.9. The summed E-state index contributed by atoms with van der Waals surface area (Å²) in [6.07, 6.45) is 1.44. The maximum absolute atomic E-state index is 12.3. The molecular formula is C17H15BrN2O5. The molecule has 1 unspecified atom stereocenters. The first-order valence-electron chi connectivity index (χ1n) is 7.24. The Hall–Kier alpha value is -2.87. The highest BCUT2D eigenvalue weighted by molar-refractivity contribution is 9.10. The number of carboxylic acid groups (broad SMARTS) is 1. The molecule has 1 aromatic heterocycles. The fourth-order valence-corrected chi connectivity index (χ4v) is 2.14. The summed E-state index contributed by atoms with van der Waals surface area (Å²) < 4.78 is 5.52. The summed E-state index contributed by atoms with van der Waals surface area (Å²) in [5.41, 5.74) is 0.563. The van der Waals surface area contributed by atoms with Crippen molar-refractivity contribution in [3.05, 3.63) is 64.2 Å². The van der Waals surface area contributed by atoms with E-state index in [1.807, 2.05) is 6.07 Å². The third kappa shape index (κ3) is 5.32. The topological polar surface area (TPSA) is 109 Å². The molecule has 7 nitrogen and oxygen atoms in total. The van der Waals surface area contributed by atoms with Gasteiger partial charge < -0.3 is 20.2 Å². The van der Waals surface area contributed by atoms with Gasteiger partial charge in [-0.3, -0.25) is 14.4 Å². The lowest BCUT2D eigenvalue weighted by atomic mass is 10.2. The number of halogens is 1. The van der Waals surface area contributed by atoms with Crippen molar-refractivity contribution in [3.63, 3.8) is 0 Å². The zero-order chi connectivity index (χ0) is 18.4. The first-order valence-corrected chi connectivity index (χ1v) is 8.03. The van der Waals surface area contributed by atoms with Crippen LogP contribution in [0.2, 0.25) is 0 Å². The van der Waals surface area contributed by atoms with Gasteiger partial charge in [-0.25, -0.2) is 0 Å². The Bertz CT molecular complexity index is 813. The highest BCUT2D eigenvalue weighted by Gasteiger charge is 2.20. The zero-order valence-electron chi connectivity index (χ0n) is 13.2. The number of carbonyl (C=O) groups excluding carboxylic acids is 2. The predicted molar refractivity (Wildman–Crippen MR) is 93.5 cm³/mol. The van der Waals surface area contributed by atoms with Gasteiger partial charge in [-0.2, -0.15) is 0 Å². The van der Waals surface area contributed by atoms with Crippen LogP contribution in [0.3, 0.4) is 0 Å². The molecule has 3 N–H and O–H groups in total. The lowest BCUT2D eigenvalue weighted by Crippen LogP contribution is -2.42. The van der Waals surface area contributed by atoms with Gasteiger partial charge in [0.1, 0.15) is 11.7 Å². The molecule has 2 aromatic rings. The minimum atomic E-state index is -1.19. The monoisotopic (exact) mass is 406 g/mol. The van der Waals surface area contributed by atoms with E-state index in [1.165, 1.54) is 19.1 Å². The Balaban J connectivity index is 2.25. The standard InChI is InChI=1S/C17H15BrN2O5/c1-10(17(23)24)19-15(21)12(9-11-5-3-2-4-6-11)20-16(22)13-7-8-14(18)25-13/h2-10H,1H3,(H,19,21)(H,20,22)(H,23,24)/b12-9-. The summed E-state index contributed by atoms with van der Waals surface area (Å²) in [4.78, 5) is 35.5. The van der Waals surface area contributed by atoms with E-state index < -0.39 is 23.8 Å². The minimum absolute atomic E-state index is 0.00456. The van der Waals surface area contributed by atoms with Crippen molar-refractivity contribution in [3.8, 4) is 0 Å². The SMILES string of the molecule is CC(NC(=O)/C(=C/c1ccccc1)NC(=O)c1ccc(Br)o1)C(=O)O. The molecule has 130 valence electrons. The second-order valence-electron chi connectivity index (χ2n) is 5.06. The zero-order valence-corrected chi connectivity index (χ0v) is 14.7. The van der Waals surface area contributed by atoms with Gasteiger partial charge in [0, 0.05) is 0 Å². The van der Waals surface area contributed by atoms with Crippen molar-refractivity contribution in [2.45, 2.75) is 13.0 Å². The highest BCUT2D eigenvalue weighted by Crippen LogP contribution is 2.14. The van der Waals surface area contributed by atoms with Crippen molar-refractivity contribution in [1.82, 2.24) is 10.6 Å². The molecule has 8 heteroatoms. The van der Waals surface area contributed by atoms with E-state index in [-0.39, 0.29) is 11.5 Å². The number of nitrogens with one attached hydrogen (secondary N) is 2. The Labute approximate surface area is 151 Å². The van der Waals surface area contributed by atoms with Crippen molar-refractivity contribution >= 4 is 39.8 Å². The average Bonchev–Trinajstić information content (AvgIpc) is 3.01. The second kappa shape index (κ2) is 8.29. The van der Waals surface area contributed by atoms with Crippen LogP contribution >= 0.6 is 15.9 Å². The van der Waals surface area contributed by atoms with Crippen molar-refractivity contribution in [2.75, 3.05) is 0 Å². The first-order chi connectivity index (χ1) is 11.9. The molecule has 0 aliphatic carbocycles. The van der Waals surface area contributed by atoms with Crippen LogP contribution in [0.1, 0.15) is 23.0 Å². The largest absolute Gasteiger partial charge is 0.480 e. The number of benzene rings is 1. The third-order valence-electron chi connectivity index (χ3n) is 3.12. The number of hydrogen-bond acceptors (Lipinski definition) is 4. The van der Waals surface area contributed by atoms with Gasteiger partial charge in [0.25, 0.3) is 11.8 Å². The van der Waals surface area contributed by atoms with E-state index >= 15 is 0 Å². The Kier molecular flexibility index (Phi) is 6.13.